The van der Waals surface area contributed by atoms with Crippen LogP contribution < -0.4 is 14.2 Å². The van der Waals surface area contributed by atoms with Gasteiger partial charge in [-0.05, 0) is 200 Å². The topological polar surface area (TPSA) is 27.7 Å². The van der Waals surface area contributed by atoms with Gasteiger partial charge in [0, 0.05) is 10.7 Å². The molecule has 0 atom stereocenters. The third-order valence-electron chi connectivity index (χ3n) is 7.78. The largest absolute Gasteiger partial charge is 0.489 e. The molecule has 0 saturated heterocycles. The van der Waals surface area contributed by atoms with Gasteiger partial charge in [-0.1, -0.05) is 56.7 Å². The molecule has 5 aromatic carbocycles. The molecule has 240 valence electrons. The van der Waals surface area contributed by atoms with Gasteiger partial charge in [0.25, 0.3) is 0 Å². The lowest BCUT2D eigenvalue weighted by molar-refractivity contribution is 0.288. The summed E-state index contributed by atoms with van der Waals surface area (Å²) < 4.78 is 22.7. The molecule has 0 spiro atoms. The standard InChI is InChI=1S/C33H33I3O3.C7H8/c1-4-28-31(19-37-25-13-7-22(34)8-14-25)29(5-2)33(21-39-27-17-11-24(36)12-18-27)30(6-3)32(28)20-38-26-15-9-23(35)10-16-26;1-7-5-3-2-4-6-7/h7-18H,4-6,19-21H2,1-3H3;2-6H,1H3. The molecule has 0 unspecified atom stereocenters. The van der Waals surface area contributed by atoms with Crippen molar-refractivity contribution in [1.82, 2.24) is 0 Å². The third kappa shape index (κ3) is 10.6. The number of rotatable bonds is 12. The minimum absolute atomic E-state index is 0.518. The van der Waals surface area contributed by atoms with Crippen molar-refractivity contribution in [2.75, 3.05) is 0 Å². The van der Waals surface area contributed by atoms with Gasteiger partial charge in [-0.25, -0.2) is 0 Å². The molecular formula is C40H41I3O3. The maximum absolute atomic E-state index is 6.38. The Morgan fingerprint density at radius 3 is 0.891 bits per heavy atom. The summed E-state index contributed by atoms with van der Waals surface area (Å²) in [6.45, 7) is 10.3. The van der Waals surface area contributed by atoms with Crippen LogP contribution in [0.4, 0.5) is 0 Å². The number of aryl methyl sites for hydroxylation is 1. The van der Waals surface area contributed by atoms with Gasteiger partial charge in [-0.2, -0.15) is 0 Å². The quantitative estimate of drug-likeness (QED) is 0.117. The highest BCUT2D eigenvalue weighted by Crippen LogP contribution is 2.33. The Balaban J connectivity index is 0.000000606. The Morgan fingerprint density at radius 2 is 0.674 bits per heavy atom. The molecule has 0 aliphatic rings. The number of benzene rings is 5. The number of hydrogen-bond acceptors (Lipinski definition) is 3. The molecule has 0 aliphatic carbocycles. The molecule has 0 radical (unpaired) electrons. The number of hydrogen-bond donors (Lipinski definition) is 0. The first-order valence-electron chi connectivity index (χ1n) is 15.7. The van der Waals surface area contributed by atoms with Crippen LogP contribution in [0.3, 0.4) is 0 Å². The van der Waals surface area contributed by atoms with Crippen LogP contribution in [0.5, 0.6) is 17.2 Å². The lowest BCUT2D eigenvalue weighted by Crippen LogP contribution is -2.17. The second kappa shape index (κ2) is 18.9. The molecule has 6 heteroatoms. The van der Waals surface area contributed by atoms with Crippen LogP contribution in [0.15, 0.2) is 103 Å². The lowest BCUT2D eigenvalue weighted by atomic mass is 9.84. The van der Waals surface area contributed by atoms with E-state index >= 15 is 0 Å². The molecule has 0 heterocycles. The molecule has 0 amide bonds. The maximum Gasteiger partial charge on any atom is 0.119 e. The summed E-state index contributed by atoms with van der Waals surface area (Å²) >= 11 is 6.97. The molecule has 0 aliphatic heterocycles. The predicted molar refractivity (Wildman–Crippen MR) is 216 cm³/mol. The van der Waals surface area contributed by atoms with Crippen LogP contribution in [0.2, 0.25) is 0 Å². The van der Waals surface area contributed by atoms with E-state index < -0.39 is 0 Å². The van der Waals surface area contributed by atoms with Crippen molar-refractivity contribution in [1.29, 1.82) is 0 Å². The van der Waals surface area contributed by atoms with E-state index in [0.29, 0.717) is 19.8 Å². The lowest BCUT2D eigenvalue weighted by Gasteiger charge is -2.26. The van der Waals surface area contributed by atoms with Crippen molar-refractivity contribution in [3.8, 4) is 17.2 Å². The van der Waals surface area contributed by atoms with E-state index in [1.807, 2.05) is 54.6 Å². The van der Waals surface area contributed by atoms with Crippen LogP contribution in [0, 0.1) is 17.6 Å². The summed E-state index contributed by atoms with van der Waals surface area (Å²) in [5.41, 5.74) is 9.10. The first-order valence-corrected chi connectivity index (χ1v) is 18.9. The molecule has 3 nitrogen and oxygen atoms in total. The fourth-order valence-electron chi connectivity index (χ4n) is 5.49. The average molecular weight is 950 g/mol. The van der Waals surface area contributed by atoms with E-state index in [1.54, 1.807) is 0 Å². The zero-order valence-corrected chi connectivity index (χ0v) is 33.4. The van der Waals surface area contributed by atoms with Gasteiger partial charge < -0.3 is 14.2 Å². The van der Waals surface area contributed by atoms with E-state index in [9.17, 15) is 0 Å². The highest BCUT2D eigenvalue weighted by molar-refractivity contribution is 14.1. The summed E-state index contributed by atoms with van der Waals surface area (Å²) in [6.07, 6.45) is 2.74. The van der Waals surface area contributed by atoms with E-state index in [-0.39, 0.29) is 0 Å². The SMILES string of the molecule is CCc1c(COc2ccc(I)cc2)c(CC)c(COc2ccc(I)cc2)c(CC)c1COc1ccc(I)cc1.Cc1ccccc1. The molecular weight excluding hydrogens is 909 g/mol. The molecule has 0 N–H and O–H groups in total. The van der Waals surface area contributed by atoms with Gasteiger partial charge in [0.1, 0.15) is 37.1 Å². The smallest absolute Gasteiger partial charge is 0.119 e. The zero-order chi connectivity index (χ0) is 32.9. The van der Waals surface area contributed by atoms with E-state index in [1.165, 1.54) is 49.7 Å². The third-order valence-corrected chi connectivity index (χ3v) is 9.93. The van der Waals surface area contributed by atoms with Gasteiger partial charge in [-0.3, -0.25) is 0 Å². The minimum atomic E-state index is 0.518. The van der Waals surface area contributed by atoms with E-state index in [0.717, 1.165) is 36.5 Å². The van der Waals surface area contributed by atoms with Gasteiger partial charge in [0.15, 0.2) is 0 Å². The Labute approximate surface area is 315 Å². The fraction of sp³-hybridized carbons (Fsp3) is 0.250. The molecule has 0 aromatic heterocycles. The Hall–Kier alpha value is -2.31. The van der Waals surface area contributed by atoms with Crippen molar-refractivity contribution in [3.05, 3.63) is 153 Å². The van der Waals surface area contributed by atoms with Crippen molar-refractivity contribution in [3.63, 3.8) is 0 Å². The van der Waals surface area contributed by atoms with Gasteiger partial charge in [0.05, 0.1) is 0 Å². The molecule has 0 fully saturated rings. The highest BCUT2D eigenvalue weighted by atomic mass is 127. The summed E-state index contributed by atoms with van der Waals surface area (Å²) in [4.78, 5) is 0. The van der Waals surface area contributed by atoms with Crippen LogP contribution in [-0.2, 0) is 39.1 Å². The van der Waals surface area contributed by atoms with Crippen LogP contribution >= 0.6 is 67.8 Å². The molecule has 5 rings (SSSR count). The van der Waals surface area contributed by atoms with Crippen LogP contribution in [-0.4, -0.2) is 0 Å². The molecule has 5 aromatic rings. The number of halogens is 3. The Kier molecular flexibility index (Phi) is 15.0. The van der Waals surface area contributed by atoms with Gasteiger partial charge in [0.2, 0.25) is 0 Å². The highest BCUT2D eigenvalue weighted by Gasteiger charge is 2.23. The monoisotopic (exact) mass is 950 g/mol. The van der Waals surface area contributed by atoms with Gasteiger partial charge in [-0.15, -0.1) is 0 Å². The Bertz CT molecular complexity index is 1460. The first-order chi connectivity index (χ1) is 22.3. The fourth-order valence-corrected chi connectivity index (χ4v) is 6.57. The summed E-state index contributed by atoms with van der Waals surface area (Å²) in [5, 5.41) is 0. The minimum Gasteiger partial charge on any atom is -0.489 e. The summed E-state index contributed by atoms with van der Waals surface area (Å²) in [7, 11) is 0. The normalized spacial score (nSPS) is 10.6. The van der Waals surface area contributed by atoms with Gasteiger partial charge >= 0.3 is 0 Å². The summed E-state index contributed by atoms with van der Waals surface area (Å²) in [5.74, 6) is 2.65. The van der Waals surface area contributed by atoms with Crippen molar-refractivity contribution in [2.24, 2.45) is 0 Å². The first kappa shape index (κ1) is 36.5. The average Bonchev–Trinajstić information content (AvgIpc) is 3.07. The molecule has 0 bridgehead atoms. The predicted octanol–water partition coefficient (Wildman–Crippen LogP) is 11.9. The maximum atomic E-state index is 6.38. The van der Waals surface area contributed by atoms with Crippen molar-refractivity contribution >= 4 is 67.8 Å². The molecule has 0 saturated carbocycles. The van der Waals surface area contributed by atoms with E-state index in [4.69, 9.17) is 14.2 Å². The summed E-state index contributed by atoms with van der Waals surface area (Å²) in [6, 6.07) is 35.0. The second-order valence-corrected chi connectivity index (χ2v) is 14.6. The van der Waals surface area contributed by atoms with Crippen LogP contribution in [0.25, 0.3) is 0 Å². The molecule has 46 heavy (non-hydrogen) atoms. The second-order valence-electron chi connectivity index (χ2n) is 10.8. The van der Waals surface area contributed by atoms with E-state index in [2.05, 4.69) is 144 Å². The Morgan fingerprint density at radius 1 is 0.391 bits per heavy atom. The zero-order valence-electron chi connectivity index (χ0n) is 26.9. The van der Waals surface area contributed by atoms with Crippen molar-refractivity contribution in [2.45, 2.75) is 66.8 Å². The van der Waals surface area contributed by atoms with Crippen LogP contribution in [0.1, 0.15) is 59.7 Å². The number of ether oxygens (including phenoxy) is 3. The van der Waals surface area contributed by atoms with Crippen molar-refractivity contribution < 1.29 is 14.2 Å².